The van der Waals surface area contributed by atoms with Crippen LogP contribution in [0, 0.1) is 0 Å². The quantitative estimate of drug-likeness (QED) is 0.558. The van der Waals surface area contributed by atoms with Gasteiger partial charge in [0.2, 0.25) is 0 Å². The molecule has 25 heavy (non-hydrogen) atoms. The molecule has 1 aliphatic rings. The third kappa shape index (κ3) is 2.81. The van der Waals surface area contributed by atoms with E-state index in [2.05, 4.69) is 10.6 Å². The summed E-state index contributed by atoms with van der Waals surface area (Å²) in [6, 6.07) is 15.1. The molecule has 0 aliphatic carbocycles. The van der Waals surface area contributed by atoms with Gasteiger partial charge in [-0.2, -0.15) is 0 Å². The summed E-state index contributed by atoms with van der Waals surface area (Å²) in [7, 11) is 0. The van der Waals surface area contributed by atoms with Crippen molar-refractivity contribution in [3.63, 3.8) is 0 Å². The van der Waals surface area contributed by atoms with Crippen molar-refractivity contribution in [3.05, 3.63) is 76.1 Å². The average molecular weight is 332 g/mol. The van der Waals surface area contributed by atoms with Gasteiger partial charge in [0.05, 0.1) is 5.39 Å². The average Bonchev–Trinajstić information content (AvgIpc) is 2.92. The number of hydrogen-bond acceptors (Lipinski definition) is 4. The zero-order valence-electron chi connectivity index (χ0n) is 12.9. The Morgan fingerprint density at radius 3 is 2.52 bits per heavy atom. The van der Waals surface area contributed by atoms with Gasteiger partial charge in [-0.15, -0.1) is 0 Å². The van der Waals surface area contributed by atoms with E-state index in [0.717, 1.165) is 0 Å². The van der Waals surface area contributed by atoms with E-state index in [1.54, 1.807) is 48.5 Å². The van der Waals surface area contributed by atoms with Crippen molar-refractivity contribution in [2.45, 2.75) is 0 Å². The summed E-state index contributed by atoms with van der Waals surface area (Å²) < 4.78 is 5.82. The molecule has 0 spiro atoms. The van der Waals surface area contributed by atoms with Gasteiger partial charge in [-0.3, -0.25) is 14.9 Å². The van der Waals surface area contributed by atoms with E-state index in [-0.39, 0.29) is 11.1 Å². The molecule has 1 fully saturated rings. The van der Waals surface area contributed by atoms with Crippen LogP contribution in [0.15, 0.2) is 69.5 Å². The molecule has 0 bridgehead atoms. The van der Waals surface area contributed by atoms with Crippen LogP contribution in [0.2, 0.25) is 0 Å². The van der Waals surface area contributed by atoms with Crippen LogP contribution in [0.4, 0.5) is 4.79 Å². The van der Waals surface area contributed by atoms with Crippen molar-refractivity contribution < 1.29 is 14.0 Å². The summed E-state index contributed by atoms with van der Waals surface area (Å²) in [5.74, 6) is -0.0449. The number of imide groups is 1. The van der Waals surface area contributed by atoms with E-state index in [1.807, 2.05) is 6.07 Å². The molecule has 0 unspecified atom stereocenters. The molecule has 122 valence electrons. The summed E-state index contributed by atoms with van der Waals surface area (Å²) in [6.07, 6.45) is 1.56. The predicted molar refractivity (Wildman–Crippen MR) is 92.6 cm³/mol. The van der Waals surface area contributed by atoms with E-state index >= 15 is 0 Å². The van der Waals surface area contributed by atoms with Crippen LogP contribution in [0.3, 0.4) is 0 Å². The minimum absolute atomic E-state index is 0.122. The monoisotopic (exact) mass is 332 g/mol. The molecular weight excluding hydrogens is 320 g/mol. The fourth-order valence-corrected chi connectivity index (χ4v) is 2.68. The zero-order valence-corrected chi connectivity index (χ0v) is 12.9. The number of amides is 3. The van der Waals surface area contributed by atoms with E-state index < -0.39 is 11.9 Å². The first-order valence-electron chi connectivity index (χ1n) is 7.57. The summed E-state index contributed by atoms with van der Waals surface area (Å²) >= 11 is 0. The van der Waals surface area contributed by atoms with Crippen LogP contribution < -0.4 is 16.1 Å². The first-order chi connectivity index (χ1) is 12.1. The molecule has 4 rings (SSSR count). The smallest absolute Gasteiger partial charge is 0.326 e. The Morgan fingerprint density at radius 1 is 0.880 bits per heavy atom. The molecule has 2 heterocycles. The van der Waals surface area contributed by atoms with Gasteiger partial charge in [0.25, 0.3) is 5.91 Å². The molecule has 0 radical (unpaired) electrons. The zero-order chi connectivity index (χ0) is 17.4. The van der Waals surface area contributed by atoms with Gasteiger partial charge in [-0.05, 0) is 29.8 Å². The van der Waals surface area contributed by atoms with E-state index in [0.29, 0.717) is 27.9 Å². The second-order valence-electron chi connectivity index (χ2n) is 5.56. The normalized spacial score (nSPS) is 15.4. The number of benzene rings is 2. The fourth-order valence-electron chi connectivity index (χ4n) is 2.68. The summed E-state index contributed by atoms with van der Waals surface area (Å²) in [6.45, 7) is 0. The minimum Gasteiger partial charge on any atom is -0.456 e. The second kappa shape index (κ2) is 5.76. The molecule has 0 atom stereocenters. The lowest BCUT2D eigenvalue weighted by molar-refractivity contribution is -0.115. The van der Waals surface area contributed by atoms with Crippen LogP contribution >= 0.6 is 0 Å². The molecule has 0 saturated carbocycles. The first kappa shape index (κ1) is 14.9. The number of para-hydroxylation sites is 1. The molecular formula is C19H12N2O4. The predicted octanol–water partition coefficient (Wildman–Crippen LogP) is 2.64. The van der Waals surface area contributed by atoms with E-state index in [4.69, 9.17) is 4.42 Å². The molecule has 2 aromatic carbocycles. The number of fused-ring (bicyclic) bond motifs is 1. The Morgan fingerprint density at radius 2 is 1.72 bits per heavy atom. The maximum atomic E-state index is 12.2. The molecule has 1 saturated heterocycles. The lowest BCUT2D eigenvalue weighted by atomic mass is 10.1. The molecule has 1 aliphatic heterocycles. The Bertz CT molecular complexity index is 1110. The van der Waals surface area contributed by atoms with Crippen LogP contribution in [-0.4, -0.2) is 11.9 Å². The number of hydrogen-bond donors (Lipinski definition) is 2. The van der Waals surface area contributed by atoms with Gasteiger partial charge in [0.15, 0.2) is 5.43 Å². The fraction of sp³-hybridized carbons (Fsp3) is 0. The second-order valence-corrected chi connectivity index (χ2v) is 5.56. The highest BCUT2D eigenvalue weighted by Gasteiger charge is 2.22. The lowest BCUT2D eigenvalue weighted by Gasteiger charge is -2.04. The van der Waals surface area contributed by atoms with Crippen molar-refractivity contribution in [2.75, 3.05) is 0 Å². The third-order valence-corrected chi connectivity index (χ3v) is 3.84. The van der Waals surface area contributed by atoms with E-state index in [1.165, 1.54) is 6.07 Å². The molecule has 2 N–H and O–H groups in total. The van der Waals surface area contributed by atoms with Crippen molar-refractivity contribution in [3.8, 4) is 11.3 Å². The highest BCUT2D eigenvalue weighted by Crippen LogP contribution is 2.23. The van der Waals surface area contributed by atoms with Crippen LogP contribution in [0.25, 0.3) is 28.4 Å². The van der Waals surface area contributed by atoms with Crippen LogP contribution in [-0.2, 0) is 4.79 Å². The summed E-state index contributed by atoms with van der Waals surface area (Å²) in [5, 5.41) is 5.10. The Kier molecular flexibility index (Phi) is 3.43. The van der Waals surface area contributed by atoms with Gasteiger partial charge in [0, 0.05) is 11.6 Å². The SMILES string of the molecule is O=C1NC(=O)/C(=C\c2cccc(-c3cc(=O)c4ccccc4o3)c2)N1. The van der Waals surface area contributed by atoms with Gasteiger partial charge in [-0.1, -0.05) is 30.3 Å². The standard InChI is InChI=1S/C19H12N2O4/c22-15-10-17(25-16-7-2-1-6-13(15)16)12-5-3-4-11(8-12)9-14-18(23)21-19(24)20-14/h1-10H,(H2,20,21,23,24)/b14-9+. The highest BCUT2D eigenvalue weighted by molar-refractivity contribution is 6.14. The topological polar surface area (TPSA) is 88.4 Å². The van der Waals surface area contributed by atoms with Gasteiger partial charge < -0.3 is 9.73 Å². The Labute approximate surface area is 141 Å². The number of carbonyl (C=O) groups excluding carboxylic acids is 2. The van der Waals surface area contributed by atoms with Crippen LogP contribution in [0.1, 0.15) is 5.56 Å². The van der Waals surface area contributed by atoms with Crippen molar-refractivity contribution in [1.29, 1.82) is 0 Å². The van der Waals surface area contributed by atoms with Crippen molar-refractivity contribution >= 4 is 29.0 Å². The molecule has 6 heteroatoms. The number of carbonyl (C=O) groups is 2. The first-order valence-corrected chi connectivity index (χ1v) is 7.57. The van der Waals surface area contributed by atoms with Crippen molar-refractivity contribution in [2.24, 2.45) is 0 Å². The lowest BCUT2D eigenvalue weighted by Crippen LogP contribution is -2.22. The number of nitrogens with one attached hydrogen (secondary N) is 2. The minimum atomic E-state index is -0.548. The molecule has 1 aromatic heterocycles. The van der Waals surface area contributed by atoms with Gasteiger partial charge in [0.1, 0.15) is 17.0 Å². The van der Waals surface area contributed by atoms with Gasteiger partial charge in [-0.25, -0.2) is 4.79 Å². The third-order valence-electron chi connectivity index (χ3n) is 3.84. The maximum Gasteiger partial charge on any atom is 0.326 e. The van der Waals surface area contributed by atoms with Gasteiger partial charge >= 0.3 is 6.03 Å². The molecule has 3 amide bonds. The Hall–Kier alpha value is -3.67. The van der Waals surface area contributed by atoms with Crippen LogP contribution in [0.5, 0.6) is 0 Å². The number of rotatable bonds is 2. The summed E-state index contributed by atoms with van der Waals surface area (Å²) in [5.41, 5.74) is 1.95. The Balaban J connectivity index is 1.78. The highest BCUT2D eigenvalue weighted by atomic mass is 16.3. The molecule has 6 nitrogen and oxygen atoms in total. The maximum absolute atomic E-state index is 12.2. The summed E-state index contributed by atoms with van der Waals surface area (Å²) in [4.78, 5) is 35.0. The largest absolute Gasteiger partial charge is 0.456 e. The number of urea groups is 1. The van der Waals surface area contributed by atoms with E-state index in [9.17, 15) is 14.4 Å². The molecule has 3 aromatic rings. The van der Waals surface area contributed by atoms with Crippen molar-refractivity contribution in [1.82, 2.24) is 10.6 Å².